The SMILES string of the molecule is C(=C\c1cccc(OCc2ccccc2)c1)/Cc1ccccc1. The van der Waals surface area contributed by atoms with Crippen molar-refractivity contribution in [3.05, 3.63) is 108 Å². The number of ether oxygens (including phenoxy) is 1. The van der Waals surface area contributed by atoms with Crippen molar-refractivity contribution >= 4 is 6.08 Å². The lowest BCUT2D eigenvalue weighted by atomic mass is 10.1. The Labute approximate surface area is 137 Å². The predicted octanol–water partition coefficient (Wildman–Crippen LogP) is 5.52. The molecule has 0 saturated carbocycles. The van der Waals surface area contributed by atoms with Gasteiger partial charge in [0.25, 0.3) is 0 Å². The number of hydrogen-bond acceptors (Lipinski definition) is 1. The van der Waals surface area contributed by atoms with E-state index in [0.29, 0.717) is 6.61 Å². The average molecular weight is 300 g/mol. The molecule has 1 nitrogen and oxygen atoms in total. The molecule has 0 heterocycles. The molecular formula is C22H20O. The summed E-state index contributed by atoms with van der Waals surface area (Å²) in [6.45, 7) is 0.595. The molecule has 0 radical (unpaired) electrons. The van der Waals surface area contributed by atoms with Crippen LogP contribution in [0.4, 0.5) is 0 Å². The van der Waals surface area contributed by atoms with E-state index >= 15 is 0 Å². The molecule has 0 aliphatic heterocycles. The fourth-order valence-electron chi connectivity index (χ4n) is 2.39. The molecule has 23 heavy (non-hydrogen) atoms. The van der Waals surface area contributed by atoms with Gasteiger partial charge in [-0.2, -0.15) is 0 Å². The second-order valence-corrected chi connectivity index (χ2v) is 5.44. The topological polar surface area (TPSA) is 9.23 Å². The van der Waals surface area contributed by atoms with E-state index in [1.165, 1.54) is 11.1 Å². The van der Waals surface area contributed by atoms with Crippen LogP contribution in [0.2, 0.25) is 0 Å². The highest BCUT2D eigenvalue weighted by molar-refractivity contribution is 5.52. The predicted molar refractivity (Wildman–Crippen MR) is 96.4 cm³/mol. The molecule has 3 rings (SSSR count). The molecule has 114 valence electrons. The van der Waals surface area contributed by atoms with Gasteiger partial charge in [-0.15, -0.1) is 0 Å². The fraction of sp³-hybridized carbons (Fsp3) is 0.0909. The summed E-state index contributed by atoms with van der Waals surface area (Å²) in [4.78, 5) is 0. The van der Waals surface area contributed by atoms with Gasteiger partial charge in [0.05, 0.1) is 0 Å². The Hall–Kier alpha value is -2.80. The minimum Gasteiger partial charge on any atom is -0.489 e. The van der Waals surface area contributed by atoms with Gasteiger partial charge in [0.1, 0.15) is 12.4 Å². The molecule has 0 fully saturated rings. The summed E-state index contributed by atoms with van der Waals surface area (Å²) in [7, 11) is 0. The maximum atomic E-state index is 5.86. The maximum Gasteiger partial charge on any atom is 0.120 e. The van der Waals surface area contributed by atoms with Crippen LogP contribution in [-0.2, 0) is 13.0 Å². The average Bonchev–Trinajstić information content (AvgIpc) is 2.62. The first kappa shape index (κ1) is 15.1. The smallest absolute Gasteiger partial charge is 0.120 e. The lowest BCUT2D eigenvalue weighted by molar-refractivity contribution is 0.306. The van der Waals surface area contributed by atoms with E-state index in [-0.39, 0.29) is 0 Å². The van der Waals surface area contributed by atoms with E-state index in [9.17, 15) is 0 Å². The second kappa shape index (κ2) is 8.00. The molecule has 0 spiro atoms. The first-order valence-corrected chi connectivity index (χ1v) is 7.87. The van der Waals surface area contributed by atoms with Crippen LogP contribution in [-0.4, -0.2) is 0 Å². The molecule has 0 atom stereocenters. The number of allylic oxidation sites excluding steroid dienone is 1. The van der Waals surface area contributed by atoms with Crippen LogP contribution in [0.3, 0.4) is 0 Å². The minimum absolute atomic E-state index is 0.595. The van der Waals surface area contributed by atoms with Crippen LogP contribution in [0.5, 0.6) is 5.75 Å². The van der Waals surface area contributed by atoms with Crippen molar-refractivity contribution in [3.63, 3.8) is 0 Å². The lowest BCUT2D eigenvalue weighted by Gasteiger charge is -2.07. The Morgan fingerprint density at radius 3 is 2.13 bits per heavy atom. The number of hydrogen-bond donors (Lipinski definition) is 0. The van der Waals surface area contributed by atoms with Crippen LogP contribution in [0.15, 0.2) is 91.0 Å². The van der Waals surface area contributed by atoms with Gasteiger partial charge in [-0.1, -0.05) is 84.9 Å². The summed E-state index contributed by atoms with van der Waals surface area (Å²) in [5.41, 5.74) is 3.66. The van der Waals surface area contributed by atoms with E-state index in [1.54, 1.807) is 0 Å². The van der Waals surface area contributed by atoms with E-state index in [4.69, 9.17) is 4.74 Å². The fourth-order valence-corrected chi connectivity index (χ4v) is 2.39. The monoisotopic (exact) mass is 300 g/mol. The van der Waals surface area contributed by atoms with Gasteiger partial charge in [-0.05, 0) is 35.2 Å². The highest BCUT2D eigenvalue weighted by Gasteiger charge is 1.96. The van der Waals surface area contributed by atoms with Gasteiger partial charge in [-0.3, -0.25) is 0 Å². The highest BCUT2D eigenvalue weighted by Crippen LogP contribution is 2.16. The third-order valence-electron chi connectivity index (χ3n) is 3.61. The van der Waals surface area contributed by atoms with Crippen LogP contribution >= 0.6 is 0 Å². The zero-order valence-electron chi connectivity index (χ0n) is 13.1. The summed E-state index contributed by atoms with van der Waals surface area (Å²) in [6.07, 6.45) is 5.27. The zero-order valence-corrected chi connectivity index (χ0v) is 13.1. The summed E-state index contributed by atoms with van der Waals surface area (Å²) < 4.78 is 5.86. The summed E-state index contributed by atoms with van der Waals surface area (Å²) in [6, 6.07) is 28.9. The van der Waals surface area contributed by atoms with Gasteiger partial charge in [0.2, 0.25) is 0 Å². The van der Waals surface area contributed by atoms with Gasteiger partial charge in [-0.25, -0.2) is 0 Å². The van der Waals surface area contributed by atoms with Crippen LogP contribution in [0.25, 0.3) is 6.08 Å². The molecule has 0 bridgehead atoms. The van der Waals surface area contributed by atoms with Crippen molar-refractivity contribution < 1.29 is 4.74 Å². The van der Waals surface area contributed by atoms with Crippen LogP contribution < -0.4 is 4.74 Å². The summed E-state index contributed by atoms with van der Waals surface area (Å²) >= 11 is 0. The first-order chi connectivity index (χ1) is 11.4. The largest absolute Gasteiger partial charge is 0.489 e. The molecule has 0 saturated heterocycles. The molecule has 3 aromatic carbocycles. The summed E-state index contributed by atoms with van der Waals surface area (Å²) in [5, 5.41) is 0. The summed E-state index contributed by atoms with van der Waals surface area (Å²) in [5.74, 6) is 0.899. The van der Waals surface area contributed by atoms with Crippen molar-refractivity contribution in [3.8, 4) is 5.75 Å². The number of rotatable bonds is 6. The van der Waals surface area contributed by atoms with E-state index in [2.05, 4.69) is 60.7 Å². The van der Waals surface area contributed by atoms with E-state index in [0.717, 1.165) is 17.7 Å². The molecular weight excluding hydrogens is 280 g/mol. The maximum absolute atomic E-state index is 5.86. The number of benzene rings is 3. The molecule has 1 heteroatoms. The molecule has 0 amide bonds. The van der Waals surface area contributed by atoms with Gasteiger partial charge < -0.3 is 4.74 Å². The van der Waals surface area contributed by atoms with Crippen molar-refractivity contribution in [2.24, 2.45) is 0 Å². The van der Waals surface area contributed by atoms with Gasteiger partial charge in [0.15, 0.2) is 0 Å². The Kier molecular flexibility index (Phi) is 5.25. The molecule has 0 aliphatic rings. The quantitative estimate of drug-likeness (QED) is 0.582. The minimum atomic E-state index is 0.595. The molecule has 0 N–H and O–H groups in total. The van der Waals surface area contributed by atoms with Gasteiger partial charge in [0, 0.05) is 0 Å². The molecule has 3 aromatic rings. The Morgan fingerprint density at radius 1 is 0.696 bits per heavy atom. The van der Waals surface area contributed by atoms with Gasteiger partial charge >= 0.3 is 0 Å². The van der Waals surface area contributed by atoms with Crippen molar-refractivity contribution in [2.45, 2.75) is 13.0 Å². The molecule has 0 unspecified atom stereocenters. The zero-order chi connectivity index (χ0) is 15.7. The Morgan fingerprint density at radius 2 is 1.39 bits per heavy atom. The second-order valence-electron chi connectivity index (χ2n) is 5.44. The third-order valence-corrected chi connectivity index (χ3v) is 3.61. The van der Waals surface area contributed by atoms with Crippen molar-refractivity contribution in [1.82, 2.24) is 0 Å². The van der Waals surface area contributed by atoms with Crippen molar-refractivity contribution in [1.29, 1.82) is 0 Å². The third kappa shape index (κ3) is 4.86. The highest BCUT2D eigenvalue weighted by atomic mass is 16.5. The van der Waals surface area contributed by atoms with Crippen LogP contribution in [0.1, 0.15) is 16.7 Å². The Balaban J connectivity index is 1.58. The normalized spacial score (nSPS) is 10.8. The molecule has 0 aliphatic carbocycles. The van der Waals surface area contributed by atoms with Crippen LogP contribution in [0, 0.1) is 0 Å². The van der Waals surface area contributed by atoms with Crippen molar-refractivity contribution in [2.75, 3.05) is 0 Å². The lowest BCUT2D eigenvalue weighted by Crippen LogP contribution is -1.94. The standard InChI is InChI=1S/C22H20O/c1-3-9-19(10-4-1)13-7-14-20-15-8-16-22(17-20)23-18-21-11-5-2-6-12-21/h1-12,14-17H,13,18H2/b14-7+. The van der Waals surface area contributed by atoms with E-state index < -0.39 is 0 Å². The first-order valence-electron chi connectivity index (χ1n) is 7.87. The molecule has 0 aromatic heterocycles. The Bertz CT molecular complexity index is 745. The van der Waals surface area contributed by atoms with E-state index in [1.807, 2.05) is 36.4 Å².